The zero-order valence-electron chi connectivity index (χ0n) is 9.77. The lowest BCUT2D eigenvalue weighted by atomic mass is 9.75. The molecule has 1 saturated heterocycles. The topological polar surface area (TPSA) is 40.5 Å². The first-order valence-electron chi connectivity index (χ1n) is 6.37. The van der Waals surface area contributed by atoms with E-state index in [-0.39, 0.29) is 0 Å². The van der Waals surface area contributed by atoms with Crippen molar-refractivity contribution in [3.05, 3.63) is 12.2 Å². The number of hydrogen-bond donors (Lipinski definition) is 1. The van der Waals surface area contributed by atoms with Crippen LogP contribution < -0.4 is 0 Å². The number of nitrogens with zero attached hydrogens (tertiary/aromatic N) is 1. The average molecular weight is 223 g/mol. The molecule has 3 nitrogen and oxygen atoms in total. The van der Waals surface area contributed by atoms with Crippen molar-refractivity contribution in [2.24, 2.45) is 11.8 Å². The Morgan fingerprint density at radius 1 is 1.25 bits per heavy atom. The minimum Gasteiger partial charge on any atom is -0.478 e. The number of fused-ring (bicyclic) bond motifs is 1. The lowest BCUT2D eigenvalue weighted by molar-refractivity contribution is -0.131. The Labute approximate surface area is 97.1 Å². The Hall–Kier alpha value is -0.830. The van der Waals surface area contributed by atoms with Crippen LogP contribution >= 0.6 is 0 Å². The van der Waals surface area contributed by atoms with Gasteiger partial charge in [-0.1, -0.05) is 25.3 Å². The maximum absolute atomic E-state index is 10.4. The van der Waals surface area contributed by atoms with E-state index in [0.717, 1.165) is 24.9 Å². The van der Waals surface area contributed by atoms with Gasteiger partial charge in [0.15, 0.2) is 0 Å². The molecule has 0 bridgehead atoms. The van der Waals surface area contributed by atoms with E-state index in [9.17, 15) is 4.79 Å². The van der Waals surface area contributed by atoms with Gasteiger partial charge in [-0.2, -0.15) is 0 Å². The molecule has 0 aromatic rings. The molecular formula is C13H21NO2. The van der Waals surface area contributed by atoms with E-state index in [1.165, 1.54) is 44.7 Å². The first kappa shape index (κ1) is 11.6. The molecule has 1 aliphatic heterocycles. The second-order valence-corrected chi connectivity index (χ2v) is 5.09. The highest BCUT2D eigenvalue weighted by Crippen LogP contribution is 2.35. The van der Waals surface area contributed by atoms with Crippen molar-refractivity contribution in [3.8, 4) is 0 Å². The summed E-state index contributed by atoms with van der Waals surface area (Å²) in [5.74, 6) is 0.988. The minimum absolute atomic E-state index is 0.801. The number of carboxylic acids is 1. The molecule has 90 valence electrons. The second-order valence-electron chi connectivity index (χ2n) is 5.09. The Morgan fingerprint density at radius 3 is 2.75 bits per heavy atom. The van der Waals surface area contributed by atoms with Gasteiger partial charge >= 0.3 is 5.97 Å². The molecule has 0 aromatic heterocycles. The summed E-state index contributed by atoms with van der Waals surface area (Å²) >= 11 is 0. The number of hydrogen-bond acceptors (Lipinski definition) is 2. The van der Waals surface area contributed by atoms with Crippen molar-refractivity contribution in [3.63, 3.8) is 0 Å². The van der Waals surface area contributed by atoms with E-state index in [0.29, 0.717) is 0 Å². The number of aliphatic carboxylic acids is 1. The van der Waals surface area contributed by atoms with Crippen molar-refractivity contribution in [1.82, 2.24) is 4.90 Å². The van der Waals surface area contributed by atoms with Crippen molar-refractivity contribution >= 4 is 5.97 Å². The van der Waals surface area contributed by atoms with Gasteiger partial charge in [-0.25, -0.2) is 4.79 Å². The third-order valence-electron chi connectivity index (χ3n) is 4.00. The van der Waals surface area contributed by atoms with Crippen LogP contribution in [0.5, 0.6) is 0 Å². The quantitative estimate of drug-likeness (QED) is 0.745. The lowest BCUT2D eigenvalue weighted by Crippen LogP contribution is -2.41. The van der Waals surface area contributed by atoms with E-state index in [4.69, 9.17) is 5.11 Å². The fraction of sp³-hybridized carbons (Fsp3) is 0.769. The highest BCUT2D eigenvalue weighted by molar-refractivity contribution is 5.79. The molecule has 3 heteroatoms. The molecule has 1 saturated carbocycles. The second kappa shape index (κ2) is 5.48. The van der Waals surface area contributed by atoms with Gasteiger partial charge < -0.3 is 5.11 Å². The molecule has 0 spiro atoms. The SMILES string of the molecule is O=C(O)C=CCN1CCC2CCCCC2C1. The Balaban J connectivity index is 1.78. The molecule has 0 amide bonds. The summed E-state index contributed by atoms with van der Waals surface area (Å²) in [6.45, 7) is 3.12. The number of carbonyl (C=O) groups is 1. The number of carboxylic acid groups (broad SMARTS) is 1. The molecule has 2 atom stereocenters. The molecule has 0 radical (unpaired) electrons. The van der Waals surface area contributed by atoms with Gasteiger partial charge in [0.25, 0.3) is 0 Å². The van der Waals surface area contributed by atoms with Crippen molar-refractivity contribution in [2.75, 3.05) is 19.6 Å². The zero-order chi connectivity index (χ0) is 11.4. The largest absolute Gasteiger partial charge is 0.478 e. The Kier molecular flexibility index (Phi) is 3.99. The first-order valence-corrected chi connectivity index (χ1v) is 6.37. The normalized spacial score (nSPS) is 31.5. The molecule has 1 heterocycles. The summed E-state index contributed by atoms with van der Waals surface area (Å²) in [7, 11) is 0. The van der Waals surface area contributed by atoms with Gasteiger partial charge in [-0.05, 0) is 31.2 Å². The van der Waals surface area contributed by atoms with E-state index >= 15 is 0 Å². The zero-order valence-corrected chi connectivity index (χ0v) is 9.77. The summed E-state index contributed by atoms with van der Waals surface area (Å²) in [6, 6.07) is 0. The van der Waals surface area contributed by atoms with Crippen LogP contribution in [-0.2, 0) is 4.79 Å². The monoisotopic (exact) mass is 223 g/mol. The van der Waals surface area contributed by atoms with E-state index in [1.807, 2.05) is 0 Å². The van der Waals surface area contributed by atoms with Crippen molar-refractivity contribution in [1.29, 1.82) is 0 Å². The lowest BCUT2D eigenvalue weighted by Gasteiger charge is -2.41. The molecule has 2 aliphatic rings. The minimum atomic E-state index is -0.840. The van der Waals surface area contributed by atoms with E-state index < -0.39 is 5.97 Å². The molecule has 1 aliphatic carbocycles. The van der Waals surface area contributed by atoms with Crippen LogP contribution in [0, 0.1) is 11.8 Å². The number of likely N-dealkylation sites (tertiary alicyclic amines) is 1. The third-order valence-corrected chi connectivity index (χ3v) is 4.00. The summed E-state index contributed by atoms with van der Waals surface area (Å²) < 4.78 is 0. The summed E-state index contributed by atoms with van der Waals surface area (Å²) in [6.07, 6.45) is 9.94. The summed E-state index contributed by atoms with van der Waals surface area (Å²) in [5.41, 5.74) is 0. The molecule has 16 heavy (non-hydrogen) atoms. The Morgan fingerprint density at radius 2 is 2.00 bits per heavy atom. The molecular weight excluding hydrogens is 202 g/mol. The third kappa shape index (κ3) is 3.08. The molecule has 2 fully saturated rings. The highest BCUT2D eigenvalue weighted by atomic mass is 16.4. The molecule has 0 aromatic carbocycles. The van der Waals surface area contributed by atoms with Crippen LogP contribution in [0.1, 0.15) is 32.1 Å². The van der Waals surface area contributed by atoms with Gasteiger partial charge in [0.1, 0.15) is 0 Å². The predicted octanol–water partition coefficient (Wildman–Crippen LogP) is 2.14. The van der Waals surface area contributed by atoms with Gasteiger partial charge in [0.2, 0.25) is 0 Å². The fourth-order valence-corrected chi connectivity index (χ4v) is 3.14. The maximum atomic E-state index is 10.4. The molecule has 2 rings (SSSR count). The fourth-order valence-electron chi connectivity index (χ4n) is 3.14. The van der Waals surface area contributed by atoms with E-state index in [2.05, 4.69) is 4.90 Å². The smallest absolute Gasteiger partial charge is 0.328 e. The van der Waals surface area contributed by atoms with Gasteiger partial charge in [-0.3, -0.25) is 4.90 Å². The predicted molar refractivity (Wildman–Crippen MR) is 63.3 cm³/mol. The molecule has 2 unspecified atom stereocenters. The average Bonchev–Trinajstić information content (AvgIpc) is 2.28. The number of piperidine rings is 1. The van der Waals surface area contributed by atoms with Gasteiger partial charge in [-0.15, -0.1) is 0 Å². The molecule has 1 N–H and O–H groups in total. The first-order chi connectivity index (χ1) is 7.75. The van der Waals surface area contributed by atoms with Crippen LogP contribution in [0.15, 0.2) is 12.2 Å². The van der Waals surface area contributed by atoms with Crippen LogP contribution in [0.4, 0.5) is 0 Å². The van der Waals surface area contributed by atoms with Crippen LogP contribution in [0.3, 0.4) is 0 Å². The Bertz CT molecular complexity index is 275. The van der Waals surface area contributed by atoms with Gasteiger partial charge in [0.05, 0.1) is 0 Å². The van der Waals surface area contributed by atoms with E-state index in [1.54, 1.807) is 6.08 Å². The standard InChI is InChI=1S/C13H21NO2/c15-13(16)6-3-8-14-9-7-11-4-1-2-5-12(11)10-14/h3,6,11-12H,1-2,4-5,7-10H2,(H,15,16). The van der Waals surface area contributed by atoms with Crippen LogP contribution in [-0.4, -0.2) is 35.6 Å². The van der Waals surface area contributed by atoms with Crippen LogP contribution in [0.2, 0.25) is 0 Å². The maximum Gasteiger partial charge on any atom is 0.328 e. The summed E-state index contributed by atoms with van der Waals surface area (Å²) in [5, 5.41) is 8.53. The van der Waals surface area contributed by atoms with Gasteiger partial charge in [0, 0.05) is 19.2 Å². The number of rotatable bonds is 3. The van der Waals surface area contributed by atoms with Crippen molar-refractivity contribution < 1.29 is 9.90 Å². The van der Waals surface area contributed by atoms with Crippen molar-refractivity contribution in [2.45, 2.75) is 32.1 Å². The summed E-state index contributed by atoms with van der Waals surface area (Å²) in [4.78, 5) is 12.8. The highest BCUT2D eigenvalue weighted by Gasteiger charge is 2.30. The van der Waals surface area contributed by atoms with Crippen LogP contribution in [0.25, 0.3) is 0 Å².